The number of phenolic OH excluding ortho intramolecular Hbond substituents is 1. The number of aromatic nitrogens is 1. The maximum Gasteiger partial charge on any atom is 0.128 e. The summed E-state index contributed by atoms with van der Waals surface area (Å²) in [5.41, 5.74) is 12.6. The van der Waals surface area contributed by atoms with Crippen LogP contribution in [-0.2, 0) is 16.2 Å². The van der Waals surface area contributed by atoms with Crippen molar-refractivity contribution in [1.82, 2.24) is 4.98 Å². The van der Waals surface area contributed by atoms with Gasteiger partial charge in [-0.1, -0.05) is 161 Å². The number of aliphatic imine (C=N–C) groups is 1. The van der Waals surface area contributed by atoms with Crippen molar-refractivity contribution in [3.63, 3.8) is 0 Å². The number of phenols is 1. The summed E-state index contributed by atoms with van der Waals surface area (Å²) in [5, 5.41) is 14.7. The largest absolute Gasteiger partial charge is 0.507 e. The molecule has 280 valence electrons. The Morgan fingerprint density at radius 2 is 1.24 bits per heavy atom. The molecule has 0 spiro atoms. The van der Waals surface area contributed by atoms with E-state index in [2.05, 4.69) is 185 Å². The Balaban J connectivity index is 1.38. The summed E-state index contributed by atoms with van der Waals surface area (Å²) in [7, 11) is 0. The fraction of sp³-hybridized carbons (Fsp3) is 0.294. The average molecular weight is 743 g/mol. The third kappa shape index (κ3) is 7.75. The van der Waals surface area contributed by atoms with Gasteiger partial charge in [0, 0.05) is 33.9 Å². The second-order valence-corrected chi connectivity index (χ2v) is 19.4. The van der Waals surface area contributed by atoms with Crippen LogP contribution in [0.25, 0.3) is 53.8 Å². The van der Waals surface area contributed by atoms with Crippen molar-refractivity contribution in [3.05, 3.63) is 137 Å². The van der Waals surface area contributed by atoms with E-state index in [0.717, 1.165) is 59.5 Å². The summed E-state index contributed by atoms with van der Waals surface area (Å²) in [6, 6.07) is 39.5. The van der Waals surface area contributed by atoms with Crippen molar-refractivity contribution in [2.75, 3.05) is 0 Å². The smallest absolute Gasteiger partial charge is 0.128 e. The highest BCUT2D eigenvalue weighted by molar-refractivity contribution is 7.21. The van der Waals surface area contributed by atoms with Crippen LogP contribution in [0.4, 0.5) is 5.69 Å². The van der Waals surface area contributed by atoms with Crippen LogP contribution in [0.5, 0.6) is 5.75 Å². The minimum absolute atomic E-state index is 0.0426. The summed E-state index contributed by atoms with van der Waals surface area (Å²) < 4.78 is 1.15. The Morgan fingerprint density at radius 3 is 1.85 bits per heavy atom. The minimum atomic E-state index is -0.234. The molecule has 0 bridgehead atoms. The molecule has 55 heavy (non-hydrogen) atoms. The van der Waals surface area contributed by atoms with E-state index in [1.165, 1.54) is 27.8 Å². The van der Waals surface area contributed by atoms with E-state index in [4.69, 9.17) is 9.98 Å². The lowest BCUT2D eigenvalue weighted by molar-refractivity contribution is 0.444. The van der Waals surface area contributed by atoms with Crippen LogP contribution in [0, 0.1) is 0 Å². The zero-order valence-electron chi connectivity index (χ0n) is 34.3. The third-order valence-electron chi connectivity index (χ3n) is 10.7. The van der Waals surface area contributed by atoms with Gasteiger partial charge in [-0.3, -0.25) is 4.99 Å². The fourth-order valence-corrected chi connectivity index (χ4v) is 8.22. The first-order valence-corrected chi connectivity index (χ1v) is 20.3. The Hall–Kier alpha value is -5.06. The number of thiazole rings is 1. The number of aromatic hydroxyl groups is 1. The summed E-state index contributed by atoms with van der Waals surface area (Å²) in [5.74, 6) is 0.791. The first-order chi connectivity index (χ1) is 25.9. The van der Waals surface area contributed by atoms with Crippen molar-refractivity contribution in [1.29, 1.82) is 0 Å². The molecular weight excluding hydrogens is 689 g/mol. The summed E-state index contributed by atoms with van der Waals surface area (Å²) in [4.78, 5) is 10.6. The SMILES string of the molecule is CC(C)c1ccc(-c2ccc(-c3cc(C(C)(C)C)cc4sc(-c5ccc6ccccc6c5N=Cc5cc(C(C)(C)C)cc(C(C)(C)C)c5O)nc34)cc2)cc1. The van der Waals surface area contributed by atoms with Crippen molar-refractivity contribution in [3.8, 4) is 38.6 Å². The molecule has 6 aromatic carbocycles. The lowest BCUT2D eigenvalue weighted by atomic mass is 9.79. The van der Waals surface area contributed by atoms with Gasteiger partial charge in [-0.2, -0.15) is 0 Å². The second kappa shape index (κ2) is 14.2. The van der Waals surface area contributed by atoms with Gasteiger partial charge in [-0.25, -0.2) is 4.98 Å². The number of hydrogen-bond donors (Lipinski definition) is 1. The van der Waals surface area contributed by atoms with Gasteiger partial charge in [-0.15, -0.1) is 11.3 Å². The van der Waals surface area contributed by atoms with Gasteiger partial charge in [0.1, 0.15) is 10.8 Å². The Morgan fingerprint density at radius 1 is 0.636 bits per heavy atom. The molecule has 7 aromatic rings. The molecule has 0 aliphatic rings. The van der Waals surface area contributed by atoms with E-state index in [1.54, 1.807) is 11.3 Å². The highest BCUT2D eigenvalue weighted by atomic mass is 32.1. The maximum atomic E-state index is 11.6. The van der Waals surface area contributed by atoms with Crippen molar-refractivity contribution < 1.29 is 5.11 Å². The molecule has 0 saturated carbocycles. The van der Waals surface area contributed by atoms with Crippen LogP contribution in [0.3, 0.4) is 0 Å². The zero-order valence-corrected chi connectivity index (χ0v) is 35.1. The molecule has 1 heterocycles. The van der Waals surface area contributed by atoms with Crippen molar-refractivity contribution in [2.24, 2.45) is 4.99 Å². The molecule has 0 aliphatic carbocycles. The Bertz CT molecular complexity index is 2550. The van der Waals surface area contributed by atoms with Gasteiger partial charge < -0.3 is 5.11 Å². The first kappa shape index (κ1) is 38.2. The van der Waals surface area contributed by atoms with Crippen molar-refractivity contribution >= 4 is 44.2 Å². The third-order valence-corrected chi connectivity index (χ3v) is 11.8. The van der Waals surface area contributed by atoms with Crippen molar-refractivity contribution in [2.45, 2.75) is 98.3 Å². The highest BCUT2D eigenvalue weighted by Gasteiger charge is 2.25. The number of nitrogens with zero attached hydrogens (tertiary/aromatic N) is 2. The lowest BCUT2D eigenvalue weighted by Gasteiger charge is -2.27. The highest BCUT2D eigenvalue weighted by Crippen LogP contribution is 2.45. The Kier molecular flexibility index (Phi) is 9.88. The topological polar surface area (TPSA) is 45.5 Å². The molecule has 4 heteroatoms. The number of fused-ring (bicyclic) bond motifs is 2. The molecule has 3 nitrogen and oxygen atoms in total. The van der Waals surface area contributed by atoms with Gasteiger partial charge in [0.25, 0.3) is 0 Å². The minimum Gasteiger partial charge on any atom is -0.507 e. The predicted molar refractivity (Wildman–Crippen MR) is 239 cm³/mol. The van der Waals surface area contributed by atoms with Gasteiger partial charge >= 0.3 is 0 Å². The molecule has 1 N–H and O–H groups in total. The van der Waals surface area contributed by atoms with Crippen LogP contribution in [-0.4, -0.2) is 16.3 Å². The van der Waals surface area contributed by atoms with Gasteiger partial charge in [0.2, 0.25) is 0 Å². The van der Waals surface area contributed by atoms with E-state index >= 15 is 0 Å². The van der Waals surface area contributed by atoms with Gasteiger partial charge in [0.05, 0.1) is 15.9 Å². The standard InChI is InChI=1S/C51H54N2OS/c1-31(2)32-16-18-33(19-17-32)34-20-22-36(23-21-34)42-27-39(50(6,7)8)29-44-46(42)53-48(55-44)41-25-24-35-14-12-13-15-40(35)45(41)52-30-37-26-38(49(3,4)5)28-43(47(37)54)51(9,10)11/h12-31,54H,1-11H3. The zero-order chi connectivity index (χ0) is 39.4. The molecule has 1 aromatic heterocycles. The fourth-order valence-electron chi connectivity index (χ4n) is 7.16. The first-order valence-electron chi connectivity index (χ1n) is 19.5. The maximum absolute atomic E-state index is 11.6. The molecular formula is C51H54N2OS. The van der Waals surface area contributed by atoms with Gasteiger partial charge in [-0.05, 0) is 85.2 Å². The lowest BCUT2D eigenvalue weighted by Crippen LogP contribution is -2.17. The van der Waals surface area contributed by atoms with E-state index in [0.29, 0.717) is 5.92 Å². The second-order valence-electron chi connectivity index (χ2n) is 18.4. The van der Waals surface area contributed by atoms with E-state index in [9.17, 15) is 5.11 Å². The molecule has 0 amide bonds. The molecule has 0 atom stereocenters. The molecule has 0 aliphatic heterocycles. The van der Waals surface area contributed by atoms with Crippen LogP contribution >= 0.6 is 11.3 Å². The average Bonchev–Trinajstić information content (AvgIpc) is 3.57. The number of benzene rings is 6. The van der Waals surface area contributed by atoms with E-state index in [1.807, 2.05) is 6.21 Å². The van der Waals surface area contributed by atoms with Crippen LogP contribution in [0.2, 0.25) is 0 Å². The molecule has 0 saturated heterocycles. The van der Waals surface area contributed by atoms with E-state index in [-0.39, 0.29) is 22.0 Å². The monoisotopic (exact) mass is 742 g/mol. The van der Waals surface area contributed by atoms with E-state index < -0.39 is 0 Å². The molecule has 7 rings (SSSR count). The quantitative estimate of drug-likeness (QED) is 0.172. The predicted octanol–water partition coefficient (Wildman–Crippen LogP) is 14.9. The summed E-state index contributed by atoms with van der Waals surface area (Å²) >= 11 is 1.72. The Labute approximate surface area is 331 Å². The summed E-state index contributed by atoms with van der Waals surface area (Å²) in [6.45, 7) is 24.3. The van der Waals surface area contributed by atoms with Gasteiger partial charge in [0.15, 0.2) is 0 Å². The summed E-state index contributed by atoms with van der Waals surface area (Å²) in [6.07, 6.45) is 1.85. The molecule has 0 unspecified atom stereocenters. The van der Waals surface area contributed by atoms with Crippen LogP contribution in [0.1, 0.15) is 110 Å². The van der Waals surface area contributed by atoms with Crippen LogP contribution < -0.4 is 0 Å². The number of hydrogen-bond acceptors (Lipinski definition) is 4. The normalized spacial score (nSPS) is 12.8. The number of rotatable bonds is 6. The molecule has 0 fully saturated rings. The van der Waals surface area contributed by atoms with Crippen LogP contribution in [0.15, 0.2) is 114 Å². The molecule has 0 radical (unpaired) electrons.